The molecular formula is C19H27N5. The molecule has 0 unspecified atom stereocenters. The third-order valence-corrected chi connectivity index (χ3v) is 5.01. The molecule has 1 aliphatic heterocycles. The van der Waals surface area contributed by atoms with Gasteiger partial charge in [0.1, 0.15) is 11.6 Å². The number of para-hydroxylation sites is 1. The number of anilines is 1. The van der Waals surface area contributed by atoms with E-state index in [0.717, 1.165) is 55.3 Å². The summed E-state index contributed by atoms with van der Waals surface area (Å²) in [6, 6.07) is 6.75. The Morgan fingerprint density at radius 1 is 1.25 bits per heavy atom. The monoisotopic (exact) mass is 325 g/mol. The van der Waals surface area contributed by atoms with Crippen LogP contribution in [0.3, 0.4) is 0 Å². The zero-order valence-corrected chi connectivity index (χ0v) is 14.7. The van der Waals surface area contributed by atoms with Gasteiger partial charge in [-0.05, 0) is 38.3 Å². The largest absolute Gasteiger partial charge is 0.366 e. The fourth-order valence-electron chi connectivity index (χ4n) is 3.51. The lowest BCUT2D eigenvalue weighted by atomic mass is 10.1. The summed E-state index contributed by atoms with van der Waals surface area (Å²) in [6.45, 7) is 9.88. The molecule has 1 aromatic heterocycles. The van der Waals surface area contributed by atoms with Crippen LogP contribution in [0.2, 0.25) is 0 Å². The highest BCUT2D eigenvalue weighted by Gasteiger charge is 2.28. The number of piperazine rings is 1. The summed E-state index contributed by atoms with van der Waals surface area (Å²) in [5.74, 6) is 2.60. The van der Waals surface area contributed by atoms with Gasteiger partial charge in [0.25, 0.3) is 0 Å². The molecule has 0 spiro atoms. The van der Waals surface area contributed by atoms with Crippen LogP contribution >= 0.6 is 0 Å². The molecule has 128 valence electrons. The molecule has 1 aliphatic carbocycles. The Bertz CT molecular complexity index is 719. The van der Waals surface area contributed by atoms with Crippen molar-refractivity contribution in [1.29, 1.82) is 0 Å². The Labute approximate surface area is 143 Å². The normalized spacial score (nSPS) is 20.2. The molecule has 1 atom stereocenters. The Kier molecular flexibility index (Phi) is 4.37. The van der Waals surface area contributed by atoms with Gasteiger partial charge >= 0.3 is 0 Å². The van der Waals surface area contributed by atoms with Crippen LogP contribution in [-0.2, 0) is 0 Å². The van der Waals surface area contributed by atoms with Crippen molar-refractivity contribution in [2.45, 2.75) is 38.6 Å². The van der Waals surface area contributed by atoms with E-state index >= 15 is 0 Å². The number of rotatable bonds is 5. The quantitative estimate of drug-likeness (QED) is 0.885. The lowest BCUT2D eigenvalue weighted by molar-refractivity contribution is 0.235. The van der Waals surface area contributed by atoms with Crippen LogP contribution in [0.4, 0.5) is 5.82 Å². The van der Waals surface area contributed by atoms with Crippen LogP contribution in [-0.4, -0.2) is 53.6 Å². The maximum atomic E-state index is 4.88. The first-order chi connectivity index (χ1) is 11.7. The SMILES string of the molecule is Cc1cccc2c(N[C@@H](C)CN3CCNCC3)nc(C3CC3)nc12. The second kappa shape index (κ2) is 6.65. The molecule has 1 aromatic carbocycles. The lowest BCUT2D eigenvalue weighted by Crippen LogP contribution is -2.47. The maximum Gasteiger partial charge on any atom is 0.137 e. The molecular weight excluding hydrogens is 298 g/mol. The van der Waals surface area contributed by atoms with E-state index in [1.165, 1.54) is 18.4 Å². The van der Waals surface area contributed by atoms with Gasteiger partial charge in [-0.3, -0.25) is 4.90 Å². The highest BCUT2D eigenvalue weighted by atomic mass is 15.2. The Morgan fingerprint density at radius 2 is 2.04 bits per heavy atom. The first-order valence-electron chi connectivity index (χ1n) is 9.17. The van der Waals surface area contributed by atoms with Gasteiger partial charge in [-0.1, -0.05) is 12.1 Å². The van der Waals surface area contributed by atoms with E-state index in [4.69, 9.17) is 9.97 Å². The van der Waals surface area contributed by atoms with E-state index in [1.54, 1.807) is 0 Å². The molecule has 2 heterocycles. The minimum atomic E-state index is 0.369. The standard InChI is InChI=1S/C19H27N5/c1-13-4-3-5-16-17(13)22-18(15-6-7-15)23-19(16)21-14(2)12-24-10-8-20-9-11-24/h3-5,14-15,20H,6-12H2,1-2H3,(H,21,22,23)/t14-/m0/s1. The second-order valence-corrected chi connectivity index (χ2v) is 7.27. The fraction of sp³-hybridized carbons (Fsp3) is 0.579. The Hall–Kier alpha value is -1.72. The van der Waals surface area contributed by atoms with E-state index in [1.807, 2.05) is 0 Å². The molecule has 0 amide bonds. The molecule has 1 saturated heterocycles. The average molecular weight is 325 g/mol. The van der Waals surface area contributed by atoms with Crippen molar-refractivity contribution < 1.29 is 0 Å². The van der Waals surface area contributed by atoms with Crippen LogP contribution in [0.25, 0.3) is 10.9 Å². The van der Waals surface area contributed by atoms with Crippen LogP contribution in [0.1, 0.15) is 37.1 Å². The summed E-state index contributed by atoms with van der Waals surface area (Å²) < 4.78 is 0. The van der Waals surface area contributed by atoms with Gasteiger partial charge in [-0.25, -0.2) is 9.97 Å². The predicted molar refractivity (Wildman–Crippen MR) is 98.6 cm³/mol. The number of hydrogen-bond acceptors (Lipinski definition) is 5. The number of nitrogens with one attached hydrogen (secondary N) is 2. The molecule has 0 bridgehead atoms. The van der Waals surface area contributed by atoms with E-state index < -0.39 is 0 Å². The first kappa shape index (κ1) is 15.8. The van der Waals surface area contributed by atoms with Crippen molar-refractivity contribution in [3.8, 4) is 0 Å². The number of aryl methyl sites for hydroxylation is 1. The van der Waals surface area contributed by atoms with Crippen molar-refractivity contribution in [3.63, 3.8) is 0 Å². The van der Waals surface area contributed by atoms with Crippen molar-refractivity contribution in [2.24, 2.45) is 0 Å². The molecule has 1 saturated carbocycles. The summed E-state index contributed by atoms with van der Waals surface area (Å²) in [5.41, 5.74) is 2.33. The molecule has 4 rings (SSSR count). The van der Waals surface area contributed by atoms with Gasteiger partial charge in [0, 0.05) is 50.1 Å². The Morgan fingerprint density at radius 3 is 2.79 bits per heavy atom. The highest BCUT2D eigenvalue weighted by molar-refractivity contribution is 5.91. The van der Waals surface area contributed by atoms with Gasteiger partial charge < -0.3 is 10.6 Å². The summed E-state index contributed by atoms with van der Waals surface area (Å²) in [4.78, 5) is 12.3. The average Bonchev–Trinajstić information content (AvgIpc) is 3.41. The third kappa shape index (κ3) is 3.37. The number of hydrogen-bond donors (Lipinski definition) is 2. The zero-order chi connectivity index (χ0) is 16.5. The summed E-state index contributed by atoms with van der Waals surface area (Å²) in [5, 5.41) is 8.23. The van der Waals surface area contributed by atoms with Crippen molar-refractivity contribution in [2.75, 3.05) is 38.0 Å². The molecule has 24 heavy (non-hydrogen) atoms. The predicted octanol–water partition coefficient (Wildman–Crippen LogP) is 2.52. The van der Waals surface area contributed by atoms with E-state index in [-0.39, 0.29) is 0 Å². The molecule has 0 radical (unpaired) electrons. The summed E-state index contributed by atoms with van der Waals surface area (Å²) in [7, 11) is 0. The molecule has 2 N–H and O–H groups in total. The maximum absolute atomic E-state index is 4.88. The fourth-order valence-corrected chi connectivity index (χ4v) is 3.51. The smallest absolute Gasteiger partial charge is 0.137 e. The molecule has 2 aliphatic rings. The summed E-state index contributed by atoms with van der Waals surface area (Å²) >= 11 is 0. The van der Waals surface area contributed by atoms with Gasteiger partial charge in [-0.15, -0.1) is 0 Å². The molecule has 2 fully saturated rings. The lowest BCUT2D eigenvalue weighted by Gasteiger charge is -2.30. The summed E-state index contributed by atoms with van der Waals surface area (Å²) in [6.07, 6.45) is 2.46. The van der Waals surface area contributed by atoms with Crippen molar-refractivity contribution >= 4 is 16.7 Å². The van der Waals surface area contributed by atoms with Crippen LogP contribution in [0, 0.1) is 6.92 Å². The van der Waals surface area contributed by atoms with Crippen LogP contribution in [0.15, 0.2) is 18.2 Å². The zero-order valence-electron chi connectivity index (χ0n) is 14.7. The van der Waals surface area contributed by atoms with Crippen molar-refractivity contribution in [3.05, 3.63) is 29.6 Å². The minimum Gasteiger partial charge on any atom is -0.366 e. The molecule has 5 nitrogen and oxygen atoms in total. The highest BCUT2D eigenvalue weighted by Crippen LogP contribution is 2.39. The first-order valence-corrected chi connectivity index (χ1v) is 9.17. The second-order valence-electron chi connectivity index (χ2n) is 7.27. The van der Waals surface area contributed by atoms with Crippen LogP contribution < -0.4 is 10.6 Å². The Balaban J connectivity index is 1.58. The van der Waals surface area contributed by atoms with Gasteiger partial charge in [-0.2, -0.15) is 0 Å². The number of aromatic nitrogens is 2. The van der Waals surface area contributed by atoms with Crippen molar-refractivity contribution in [1.82, 2.24) is 20.2 Å². The van der Waals surface area contributed by atoms with E-state index in [2.05, 4.69) is 47.6 Å². The van der Waals surface area contributed by atoms with Gasteiger partial charge in [0.05, 0.1) is 5.52 Å². The van der Waals surface area contributed by atoms with E-state index in [0.29, 0.717) is 12.0 Å². The van der Waals surface area contributed by atoms with Crippen LogP contribution in [0.5, 0.6) is 0 Å². The number of fused-ring (bicyclic) bond motifs is 1. The molecule has 5 heteroatoms. The number of nitrogens with zero attached hydrogens (tertiary/aromatic N) is 3. The van der Waals surface area contributed by atoms with E-state index in [9.17, 15) is 0 Å². The van der Waals surface area contributed by atoms with Gasteiger partial charge in [0.2, 0.25) is 0 Å². The third-order valence-electron chi connectivity index (χ3n) is 5.01. The molecule has 2 aromatic rings. The minimum absolute atomic E-state index is 0.369. The topological polar surface area (TPSA) is 53.1 Å². The van der Waals surface area contributed by atoms with Gasteiger partial charge in [0.15, 0.2) is 0 Å². The number of benzene rings is 1.